The molecular formula is C23H24N2O4S. The standard InChI is InChI=1S/C23H24N2O4S/c1-3-4-13-29-18-11-9-17(10-12-18)14-20-22(27)25(23(28)30-20)15-21(26)24-19-8-6-5-7-16(19)2/h5-12,14H,3-4,13,15H2,1-2H3,(H,24,26)/b20-14-. The minimum absolute atomic E-state index is 0.295. The Bertz CT molecular complexity index is 969. The summed E-state index contributed by atoms with van der Waals surface area (Å²) < 4.78 is 5.63. The first kappa shape index (κ1) is 21.6. The summed E-state index contributed by atoms with van der Waals surface area (Å²) in [6, 6.07) is 14.7. The number of carbonyl (C=O) groups is 3. The molecule has 156 valence electrons. The zero-order chi connectivity index (χ0) is 21.5. The maximum atomic E-state index is 12.6. The van der Waals surface area contributed by atoms with Gasteiger partial charge in [-0.05, 0) is 60.5 Å². The number of thioether (sulfide) groups is 1. The second kappa shape index (κ2) is 10.1. The maximum Gasteiger partial charge on any atom is 0.294 e. The lowest BCUT2D eigenvalue weighted by atomic mass is 10.2. The van der Waals surface area contributed by atoms with Crippen LogP contribution < -0.4 is 10.1 Å². The van der Waals surface area contributed by atoms with Crippen LogP contribution in [-0.2, 0) is 9.59 Å². The van der Waals surface area contributed by atoms with Crippen molar-refractivity contribution in [1.29, 1.82) is 0 Å². The number of anilines is 1. The molecule has 1 heterocycles. The third kappa shape index (κ3) is 5.51. The first-order valence-electron chi connectivity index (χ1n) is 9.81. The van der Waals surface area contributed by atoms with Gasteiger partial charge in [-0.15, -0.1) is 0 Å². The van der Waals surface area contributed by atoms with E-state index in [0.29, 0.717) is 17.2 Å². The van der Waals surface area contributed by atoms with Crippen molar-refractivity contribution in [2.24, 2.45) is 0 Å². The number of benzene rings is 2. The number of hydrogen-bond acceptors (Lipinski definition) is 5. The molecular weight excluding hydrogens is 400 g/mol. The van der Waals surface area contributed by atoms with E-state index in [9.17, 15) is 14.4 Å². The van der Waals surface area contributed by atoms with Crippen LogP contribution in [0.2, 0.25) is 0 Å². The molecule has 3 rings (SSSR count). The number of amides is 3. The lowest BCUT2D eigenvalue weighted by Crippen LogP contribution is -2.36. The first-order chi connectivity index (χ1) is 14.5. The normalized spacial score (nSPS) is 15.0. The highest BCUT2D eigenvalue weighted by Gasteiger charge is 2.36. The van der Waals surface area contributed by atoms with Crippen LogP contribution in [-0.4, -0.2) is 35.1 Å². The van der Waals surface area contributed by atoms with Gasteiger partial charge in [0.2, 0.25) is 5.91 Å². The molecule has 1 fully saturated rings. The fraction of sp³-hybridized carbons (Fsp3) is 0.261. The minimum atomic E-state index is -0.465. The molecule has 1 N–H and O–H groups in total. The van der Waals surface area contributed by atoms with E-state index in [1.165, 1.54) is 0 Å². The Hall–Kier alpha value is -3.06. The molecule has 30 heavy (non-hydrogen) atoms. The van der Waals surface area contributed by atoms with Crippen molar-refractivity contribution in [2.45, 2.75) is 26.7 Å². The number of aryl methyl sites for hydroxylation is 1. The van der Waals surface area contributed by atoms with Crippen LogP contribution in [0.3, 0.4) is 0 Å². The van der Waals surface area contributed by atoms with Crippen molar-refractivity contribution in [3.05, 3.63) is 64.6 Å². The van der Waals surface area contributed by atoms with Gasteiger partial charge in [-0.2, -0.15) is 0 Å². The van der Waals surface area contributed by atoms with Crippen molar-refractivity contribution < 1.29 is 19.1 Å². The summed E-state index contributed by atoms with van der Waals surface area (Å²) in [6.07, 6.45) is 3.71. The molecule has 0 spiro atoms. The molecule has 2 aromatic carbocycles. The molecule has 0 unspecified atom stereocenters. The molecule has 0 aromatic heterocycles. The summed E-state index contributed by atoms with van der Waals surface area (Å²) in [7, 11) is 0. The minimum Gasteiger partial charge on any atom is -0.494 e. The number of nitrogens with zero attached hydrogens (tertiary/aromatic N) is 1. The number of para-hydroxylation sites is 1. The highest BCUT2D eigenvalue weighted by atomic mass is 32.2. The van der Waals surface area contributed by atoms with Gasteiger partial charge in [0, 0.05) is 5.69 Å². The second-order valence-electron chi connectivity index (χ2n) is 6.90. The summed E-state index contributed by atoms with van der Waals surface area (Å²) in [5.41, 5.74) is 2.35. The van der Waals surface area contributed by atoms with Gasteiger partial charge in [-0.3, -0.25) is 19.3 Å². The summed E-state index contributed by atoms with van der Waals surface area (Å²) in [4.78, 5) is 38.5. The Morgan fingerprint density at radius 3 is 2.57 bits per heavy atom. The fourth-order valence-electron chi connectivity index (χ4n) is 2.83. The number of rotatable bonds is 8. The van der Waals surface area contributed by atoms with Crippen molar-refractivity contribution in [1.82, 2.24) is 4.90 Å². The Balaban J connectivity index is 1.62. The van der Waals surface area contributed by atoms with E-state index in [1.807, 2.05) is 49.4 Å². The zero-order valence-corrected chi connectivity index (χ0v) is 17.8. The smallest absolute Gasteiger partial charge is 0.294 e. The Kier molecular flexibility index (Phi) is 7.30. The van der Waals surface area contributed by atoms with Gasteiger partial charge >= 0.3 is 0 Å². The van der Waals surface area contributed by atoms with Crippen LogP contribution >= 0.6 is 11.8 Å². The molecule has 1 aliphatic rings. The van der Waals surface area contributed by atoms with Gasteiger partial charge in [0.15, 0.2) is 0 Å². The molecule has 0 atom stereocenters. The third-order valence-electron chi connectivity index (χ3n) is 4.54. The van der Waals surface area contributed by atoms with Crippen LogP contribution in [0.4, 0.5) is 10.5 Å². The van der Waals surface area contributed by atoms with E-state index in [1.54, 1.807) is 12.1 Å². The molecule has 7 heteroatoms. The van der Waals surface area contributed by atoms with Gasteiger partial charge in [-0.25, -0.2) is 0 Å². The monoisotopic (exact) mass is 424 g/mol. The van der Waals surface area contributed by atoms with Gasteiger partial charge in [0.1, 0.15) is 12.3 Å². The van der Waals surface area contributed by atoms with Crippen LogP contribution in [0, 0.1) is 6.92 Å². The summed E-state index contributed by atoms with van der Waals surface area (Å²) in [5.74, 6) is -0.115. The second-order valence-corrected chi connectivity index (χ2v) is 7.90. The predicted molar refractivity (Wildman–Crippen MR) is 119 cm³/mol. The molecule has 0 radical (unpaired) electrons. The summed E-state index contributed by atoms with van der Waals surface area (Å²) in [6.45, 7) is 4.32. The van der Waals surface area contributed by atoms with Gasteiger partial charge in [0.05, 0.1) is 11.5 Å². The fourth-order valence-corrected chi connectivity index (χ4v) is 3.67. The SMILES string of the molecule is CCCCOc1ccc(/C=C2\SC(=O)N(CC(=O)Nc3ccccc3C)C2=O)cc1. The van der Waals surface area contributed by atoms with Crippen molar-refractivity contribution in [3.8, 4) is 5.75 Å². The van der Waals surface area contributed by atoms with E-state index in [0.717, 1.165) is 46.4 Å². The molecule has 0 aliphatic carbocycles. The van der Waals surface area contributed by atoms with Crippen LogP contribution in [0.5, 0.6) is 5.75 Å². The van der Waals surface area contributed by atoms with E-state index in [2.05, 4.69) is 12.2 Å². The zero-order valence-electron chi connectivity index (χ0n) is 17.0. The molecule has 6 nitrogen and oxygen atoms in total. The van der Waals surface area contributed by atoms with Crippen molar-refractivity contribution in [2.75, 3.05) is 18.5 Å². The molecule has 0 bridgehead atoms. The largest absolute Gasteiger partial charge is 0.494 e. The molecule has 3 amide bonds. The lowest BCUT2D eigenvalue weighted by molar-refractivity contribution is -0.127. The lowest BCUT2D eigenvalue weighted by Gasteiger charge is -2.13. The Labute approximate surface area is 180 Å². The number of imide groups is 1. The third-order valence-corrected chi connectivity index (χ3v) is 5.45. The molecule has 0 saturated carbocycles. The summed E-state index contributed by atoms with van der Waals surface area (Å²) >= 11 is 0.836. The number of carbonyl (C=O) groups excluding carboxylic acids is 3. The first-order valence-corrected chi connectivity index (χ1v) is 10.6. The van der Waals surface area contributed by atoms with Gasteiger partial charge in [0.25, 0.3) is 11.1 Å². The van der Waals surface area contributed by atoms with Gasteiger partial charge in [-0.1, -0.05) is 43.7 Å². The van der Waals surface area contributed by atoms with E-state index >= 15 is 0 Å². The molecule has 2 aromatic rings. The topological polar surface area (TPSA) is 75.7 Å². The van der Waals surface area contributed by atoms with Gasteiger partial charge < -0.3 is 10.1 Å². The van der Waals surface area contributed by atoms with Crippen molar-refractivity contribution >= 4 is 40.6 Å². The predicted octanol–water partition coefficient (Wildman–Crippen LogP) is 4.85. The van der Waals surface area contributed by atoms with Crippen molar-refractivity contribution in [3.63, 3.8) is 0 Å². The van der Waals surface area contributed by atoms with E-state index < -0.39 is 17.1 Å². The van der Waals surface area contributed by atoms with Crippen LogP contribution in [0.1, 0.15) is 30.9 Å². The number of nitrogens with one attached hydrogen (secondary N) is 1. The quantitative estimate of drug-likeness (QED) is 0.484. The number of ether oxygens (including phenoxy) is 1. The van der Waals surface area contributed by atoms with E-state index in [-0.39, 0.29) is 6.54 Å². The van der Waals surface area contributed by atoms with E-state index in [4.69, 9.17) is 4.74 Å². The van der Waals surface area contributed by atoms with Crippen LogP contribution in [0.15, 0.2) is 53.4 Å². The Morgan fingerprint density at radius 1 is 1.13 bits per heavy atom. The highest BCUT2D eigenvalue weighted by molar-refractivity contribution is 8.18. The average Bonchev–Trinajstić information content (AvgIpc) is 2.98. The molecule has 1 saturated heterocycles. The summed E-state index contributed by atoms with van der Waals surface area (Å²) in [5, 5.41) is 2.29. The maximum absolute atomic E-state index is 12.6. The van der Waals surface area contributed by atoms with Crippen LogP contribution in [0.25, 0.3) is 6.08 Å². The Morgan fingerprint density at radius 2 is 1.87 bits per heavy atom. The highest BCUT2D eigenvalue weighted by Crippen LogP contribution is 2.32. The number of unbranched alkanes of at least 4 members (excludes halogenated alkanes) is 1. The average molecular weight is 425 g/mol. The number of hydrogen-bond donors (Lipinski definition) is 1. The molecule has 1 aliphatic heterocycles.